The lowest BCUT2D eigenvalue weighted by atomic mass is 10.2. The predicted molar refractivity (Wildman–Crippen MR) is 126 cm³/mol. The molecule has 1 atom stereocenters. The number of nitrogens with one attached hydrogen (secondary N) is 1. The summed E-state index contributed by atoms with van der Waals surface area (Å²) in [6.07, 6.45) is 0. The third kappa shape index (κ3) is 5.88. The van der Waals surface area contributed by atoms with E-state index in [9.17, 15) is 13.2 Å². The largest absolute Gasteiger partial charge is 0.491 e. The highest BCUT2D eigenvalue weighted by Crippen LogP contribution is 2.26. The van der Waals surface area contributed by atoms with E-state index in [1.54, 1.807) is 30.3 Å². The Bertz CT molecular complexity index is 1150. The van der Waals surface area contributed by atoms with E-state index in [4.69, 9.17) is 4.74 Å². The lowest BCUT2D eigenvalue weighted by Crippen LogP contribution is -2.45. The van der Waals surface area contributed by atoms with Crippen LogP contribution in [0.4, 0.5) is 5.69 Å². The lowest BCUT2D eigenvalue weighted by molar-refractivity contribution is -0.120. The van der Waals surface area contributed by atoms with Crippen LogP contribution in [0.1, 0.15) is 18.1 Å². The predicted octanol–water partition coefficient (Wildman–Crippen LogP) is 4.08. The van der Waals surface area contributed by atoms with Crippen molar-refractivity contribution < 1.29 is 17.9 Å². The molecule has 1 N–H and O–H groups in total. The summed E-state index contributed by atoms with van der Waals surface area (Å²) >= 11 is 0. The molecule has 3 aromatic carbocycles. The van der Waals surface area contributed by atoms with E-state index in [1.807, 2.05) is 57.2 Å². The molecule has 1 unspecified atom stereocenters. The highest BCUT2D eigenvalue weighted by molar-refractivity contribution is 7.92. The van der Waals surface area contributed by atoms with Crippen LogP contribution < -0.4 is 14.4 Å². The SMILES string of the molecule is Cc1ccc(OCC(C)NC(=O)CN(c2ccccc2C)S(=O)(=O)c2ccccc2)cc1. The Hall–Kier alpha value is -3.32. The molecule has 3 rings (SSSR count). The maximum absolute atomic E-state index is 13.4. The van der Waals surface area contributed by atoms with E-state index in [0.717, 1.165) is 15.4 Å². The number of anilines is 1. The van der Waals surface area contributed by atoms with Gasteiger partial charge >= 0.3 is 0 Å². The average Bonchev–Trinajstić information content (AvgIpc) is 2.78. The molecule has 6 nitrogen and oxygen atoms in total. The standard InChI is InChI=1S/C25H28N2O4S/c1-19-13-15-22(16-14-19)31-18-21(3)26-25(28)17-27(24-12-8-7-9-20(24)2)32(29,30)23-10-5-4-6-11-23/h4-16,21H,17-18H2,1-3H3,(H,26,28). The van der Waals surface area contributed by atoms with Crippen molar-refractivity contribution in [2.45, 2.75) is 31.7 Å². The van der Waals surface area contributed by atoms with Crippen LogP contribution in [0.2, 0.25) is 0 Å². The summed E-state index contributed by atoms with van der Waals surface area (Å²) in [7, 11) is -3.93. The summed E-state index contributed by atoms with van der Waals surface area (Å²) < 4.78 is 33.6. The smallest absolute Gasteiger partial charge is 0.264 e. The number of aryl methyl sites for hydroxylation is 2. The molecule has 0 bridgehead atoms. The number of amides is 1. The van der Waals surface area contributed by atoms with E-state index >= 15 is 0 Å². The van der Waals surface area contributed by atoms with Crippen LogP contribution >= 0.6 is 0 Å². The second-order valence-corrected chi connectivity index (χ2v) is 9.57. The maximum atomic E-state index is 13.4. The summed E-state index contributed by atoms with van der Waals surface area (Å²) in [6.45, 7) is 5.56. The zero-order chi connectivity index (χ0) is 23.1. The van der Waals surface area contributed by atoms with Gasteiger partial charge in [-0.3, -0.25) is 9.10 Å². The van der Waals surface area contributed by atoms with Crippen LogP contribution in [-0.4, -0.2) is 33.5 Å². The molecule has 0 heterocycles. The first kappa shape index (κ1) is 23.3. The minimum absolute atomic E-state index is 0.131. The number of ether oxygens (including phenoxy) is 1. The van der Waals surface area contributed by atoms with E-state index in [2.05, 4.69) is 5.32 Å². The van der Waals surface area contributed by atoms with Gasteiger partial charge in [-0.25, -0.2) is 8.42 Å². The Morgan fingerprint density at radius 2 is 1.56 bits per heavy atom. The Labute approximate surface area is 189 Å². The first-order chi connectivity index (χ1) is 15.3. The van der Waals surface area contributed by atoms with Gasteiger partial charge in [0.25, 0.3) is 10.0 Å². The van der Waals surface area contributed by atoms with Gasteiger partial charge < -0.3 is 10.1 Å². The molecule has 0 aliphatic carbocycles. The van der Waals surface area contributed by atoms with Gasteiger partial charge in [0.15, 0.2) is 0 Å². The molecular formula is C25H28N2O4S. The van der Waals surface area contributed by atoms with Crippen LogP contribution in [0.25, 0.3) is 0 Å². The van der Waals surface area contributed by atoms with Gasteiger partial charge in [-0.1, -0.05) is 54.1 Å². The molecular weight excluding hydrogens is 424 g/mol. The molecule has 0 aromatic heterocycles. The number of hydrogen-bond donors (Lipinski definition) is 1. The van der Waals surface area contributed by atoms with Crippen LogP contribution in [0.3, 0.4) is 0 Å². The zero-order valence-electron chi connectivity index (χ0n) is 18.5. The van der Waals surface area contributed by atoms with Gasteiger partial charge in [0, 0.05) is 0 Å². The van der Waals surface area contributed by atoms with Crippen molar-refractivity contribution in [2.75, 3.05) is 17.5 Å². The highest BCUT2D eigenvalue weighted by Gasteiger charge is 2.28. The Morgan fingerprint density at radius 1 is 0.938 bits per heavy atom. The van der Waals surface area contributed by atoms with Crippen LogP contribution in [0.5, 0.6) is 5.75 Å². The Morgan fingerprint density at radius 3 is 2.22 bits per heavy atom. The molecule has 7 heteroatoms. The van der Waals surface area contributed by atoms with Crippen molar-refractivity contribution in [3.63, 3.8) is 0 Å². The number of sulfonamides is 1. The average molecular weight is 453 g/mol. The van der Waals surface area contributed by atoms with Crippen molar-refractivity contribution in [3.8, 4) is 5.75 Å². The second kappa shape index (κ2) is 10.3. The molecule has 0 saturated heterocycles. The van der Waals surface area contributed by atoms with Gasteiger partial charge in [0.1, 0.15) is 18.9 Å². The van der Waals surface area contributed by atoms with Gasteiger partial charge in [-0.05, 0) is 56.7 Å². The van der Waals surface area contributed by atoms with Crippen molar-refractivity contribution in [1.29, 1.82) is 0 Å². The fourth-order valence-electron chi connectivity index (χ4n) is 3.21. The summed E-state index contributed by atoms with van der Waals surface area (Å²) in [5.74, 6) is 0.303. The fraction of sp³-hybridized carbons (Fsp3) is 0.240. The number of hydrogen-bond acceptors (Lipinski definition) is 4. The van der Waals surface area contributed by atoms with Crippen molar-refractivity contribution in [2.24, 2.45) is 0 Å². The topological polar surface area (TPSA) is 75.7 Å². The molecule has 168 valence electrons. The van der Waals surface area contributed by atoms with Crippen LogP contribution in [-0.2, 0) is 14.8 Å². The van der Waals surface area contributed by atoms with Crippen molar-refractivity contribution in [1.82, 2.24) is 5.32 Å². The van der Waals surface area contributed by atoms with Gasteiger partial charge in [-0.15, -0.1) is 0 Å². The molecule has 0 aliphatic rings. The quantitative estimate of drug-likeness (QED) is 0.531. The first-order valence-corrected chi connectivity index (χ1v) is 11.8. The number of rotatable bonds is 9. The molecule has 0 fully saturated rings. The third-order valence-electron chi connectivity index (χ3n) is 4.93. The summed E-state index contributed by atoms with van der Waals surface area (Å²) in [5, 5.41) is 2.83. The number of carbonyl (C=O) groups is 1. The van der Waals surface area contributed by atoms with Gasteiger partial charge in [-0.2, -0.15) is 0 Å². The molecule has 1 amide bonds. The summed E-state index contributed by atoms with van der Waals surface area (Å²) in [5.41, 5.74) is 2.36. The second-order valence-electron chi connectivity index (χ2n) is 7.70. The maximum Gasteiger partial charge on any atom is 0.264 e. The van der Waals surface area contributed by atoms with Crippen LogP contribution in [0, 0.1) is 13.8 Å². The number of nitrogens with zero attached hydrogens (tertiary/aromatic N) is 1. The normalized spacial score (nSPS) is 12.1. The summed E-state index contributed by atoms with van der Waals surface area (Å²) in [6, 6.07) is 22.6. The molecule has 32 heavy (non-hydrogen) atoms. The third-order valence-corrected chi connectivity index (χ3v) is 6.70. The number of benzene rings is 3. The van der Waals surface area contributed by atoms with Gasteiger partial charge in [0.2, 0.25) is 5.91 Å². The van der Waals surface area contributed by atoms with Crippen molar-refractivity contribution >= 4 is 21.6 Å². The first-order valence-electron chi connectivity index (χ1n) is 10.4. The minimum atomic E-state index is -3.93. The van der Waals surface area contributed by atoms with E-state index in [0.29, 0.717) is 11.4 Å². The van der Waals surface area contributed by atoms with Crippen molar-refractivity contribution in [3.05, 3.63) is 90.0 Å². The number of para-hydroxylation sites is 1. The van der Waals surface area contributed by atoms with E-state index in [1.165, 1.54) is 12.1 Å². The monoisotopic (exact) mass is 452 g/mol. The lowest BCUT2D eigenvalue weighted by Gasteiger charge is -2.26. The Balaban J connectivity index is 1.74. The van der Waals surface area contributed by atoms with Gasteiger partial charge in [0.05, 0.1) is 16.6 Å². The molecule has 0 spiro atoms. The summed E-state index contributed by atoms with van der Waals surface area (Å²) in [4.78, 5) is 12.9. The molecule has 0 aliphatic heterocycles. The highest BCUT2D eigenvalue weighted by atomic mass is 32.2. The minimum Gasteiger partial charge on any atom is -0.491 e. The zero-order valence-corrected chi connectivity index (χ0v) is 19.3. The Kier molecular flexibility index (Phi) is 7.53. The molecule has 0 radical (unpaired) electrons. The van der Waals surface area contributed by atoms with E-state index in [-0.39, 0.29) is 24.1 Å². The fourth-order valence-corrected chi connectivity index (χ4v) is 4.72. The molecule has 3 aromatic rings. The molecule has 0 saturated carbocycles. The van der Waals surface area contributed by atoms with E-state index < -0.39 is 15.9 Å². The number of carbonyl (C=O) groups excluding carboxylic acids is 1. The van der Waals surface area contributed by atoms with Crippen LogP contribution in [0.15, 0.2) is 83.8 Å².